The van der Waals surface area contributed by atoms with Crippen LogP contribution >= 0.6 is 22.9 Å². The standard InChI is InChI=1S/C17H19ClN2O4S/c1-20(10-12-5-7-15(18)25-12)16(21)9-19-17(22)11-4-6-13(23-2)14(8-11)24-3/h4-8H,9-10H2,1-3H3,(H,19,22). The Bertz CT molecular complexity index is 763. The predicted octanol–water partition coefficient (Wildman–Crippen LogP) is 2.81. The number of nitrogens with one attached hydrogen (secondary N) is 1. The highest BCUT2D eigenvalue weighted by atomic mass is 35.5. The van der Waals surface area contributed by atoms with Crippen LogP contribution in [-0.2, 0) is 11.3 Å². The monoisotopic (exact) mass is 382 g/mol. The molecule has 0 unspecified atom stereocenters. The second kappa shape index (κ2) is 8.73. The second-order valence-corrected chi connectivity index (χ2v) is 7.01. The first kappa shape index (κ1) is 19.1. The molecule has 8 heteroatoms. The zero-order chi connectivity index (χ0) is 18.4. The number of carbonyl (C=O) groups is 2. The smallest absolute Gasteiger partial charge is 0.251 e. The van der Waals surface area contributed by atoms with Crippen molar-refractivity contribution in [2.45, 2.75) is 6.54 Å². The molecule has 2 aromatic rings. The maximum absolute atomic E-state index is 12.2. The third-order valence-corrected chi connectivity index (χ3v) is 4.71. The van der Waals surface area contributed by atoms with Crippen molar-refractivity contribution < 1.29 is 19.1 Å². The van der Waals surface area contributed by atoms with Crippen LogP contribution in [0.25, 0.3) is 0 Å². The summed E-state index contributed by atoms with van der Waals surface area (Å²) in [5.74, 6) is 0.429. The largest absolute Gasteiger partial charge is 0.493 e. The van der Waals surface area contributed by atoms with Gasteiger partial charge in [0.25, 0.3) is 5.91 Å². The SMILES string of the molecule is COc1ccc(C(=O)NCC(=O)N(C)Cc2ccc(Cl)s2)cc1OC. The van der Waals surface area contributed by atoms with Crippen molar-refractivity contribution in [1.82, 2.24) is 10.2 Å². The number of carbonyl (C=O) groups excluding carboxylic acids is 2. The minimum absolute atomic E-state index is 0.0945. The quantitative estimate of drug-likeness (QED) is 0.799. The van der Waals surface area contributed by atoms with Gasteiger partial charge in [0.15, 0.2) is 11.5 Å². The molecule has 1 aromatic carbocycles. The van der Waals surface area contributed by atoms with Crippen LogP contribution < -0.4 is 14.8 Å². The number of likely N-dealkylation sites (N-methyl/N-ethyl adjacent to an activating group) is 1. The first-order valence-corrected chi connectivity index (χ1v) is 8.62. The van der Waals surface area contributed by atoms with Gasteiger partial charge in [-0.25, -0.2) is 0 Å². The van der Waals surface area contributed by atoms with Gasteiger partial charge in [0.05, 0.1) is 31.6 Å². The number of hydrogen-bond donors (Lipinski definition) is 1. The number of halogens is 1. The number of hydrogen-bond acceptors (Lipinski definition) is 5. The van der Waals surface area contributed by atoms with Crippen LogP contribution in [0.15, 0.2) is 30.3 Å². The van der Waals surface area contributed by atoms with E-state index in [1.165, 1.54) is 30.5 Å². The van der Waals surface area contributed by atoms with E-state index in [0.717, 1.165) is 4.88 Å². The van der Waals surface area contributed by atoms with Crippen molar-refractivity contribution in [2.75, 3.05) is 27.8 Å². The van der Waals surface area contributed by atoms with E-state index in [9.17, 15) is 9.59 Å². The van der Waals surface area contributed by atoms with Crippen LogP contribution in [0.1, 0.15) is 15.2 Å². The van der Waals surface area contributed by atoms with Gasteiger partial charge in [0, 0.05) is 17.5 Å². The van der Waals surface area contributed by atoms with Crippen molar-refractivity contribution in [3.8, 4) is 11.5 Å². The highest BCUT2D eigenvalue weighted by Crippen LogP contribution is 2.27. The van der Waals surface area contributed by atoms with E-state index in [0.29, 0.717) is 27.9 Å². The van der Waals surface area contributed by atoms with E-state index in [1.54, 1.807) is 31.3 Å². The van der Waals surface area contributed by atoms with Crippen LogP contribution in [0.5, 0.6) is 11.5 Å². The van der Waals surface area contributed by atoms with Crippen LogP contribution in [0.2, 0.25) is 4.34 Å². The van der Waals surface area contributed by atoms with Crippen LogP contribution in [0, 0.1) is 0 Å². The Morgan fingerprint density at radius 1 is 1.16 bits per heavy atom. The Kier molecular flexibility index (Phi) is 6.66. The summed E-state index contributed by atoms with van der Waals surface area (Å²) in [7, 11) is 4.69. The number of amides is 2. The summed E-state index contributed by atoms with van der Waals surface area (Å²) < 4.78 is 11.0. The van der Waals surface area contributed by atoms with Crippen molar-refractivity contribution in [3.05, 3.63) is 45.1 Å². The number of rotatable bonds is 7. The molecule has 25 heavy (non-hydrogen) atoms. The Morgan fingerprint density at radius 3 is 2.48 bits per heavy atom. The normalized spacial score (nSPS) is 10.2. The lowest BCUT2D eigenvalue weighted by Gasteiger charge is -2.16. The molecular weight excluding hydrogens is 364 g/mol. The van der Waals surface area contributed by atoms with E-state index in [4.69, 9.17) is 21.1 Å². The van der Waals surface area contributed by atoms with Gasteiger partial charge in [0.2, 0.25) is 5.91 Å². The first-order valence-electron chi connectivity index (χ1n) is 7.43. The lowest BCUT2D eigenvalue weighted by atomic mass is 10.2. The summed E-state index contributed by atoms with van der Waals surface area (Å²) in [5, 5.41) is 2.61. The van der Waals surface area contributed by atoms with Gasteiger partial charge >= 0.3 is 0 Å². The topological polar surface area (TPSA) is 67.9 Å². The summed E-state index contributed by atoms with van der Waals surface area (Å²) in [6.45, 7) is 0.352. The second-order valence-electron chi connectivity index (χ2n) is 5.21. The summed E-state index contributed by atoms with van der Waals surface area (Å²) >= 11 is 7.30. The fraction of sp³-hybridized carbons (Fsp3) is 0.294. The minimum Gasteiger partial charge on any atom is -0.493 e. The zero-order valence-electron chi connectivity index (χ0n) is 14.2. The Morgan fingerprint density at radius 2 is 1.88 bits per heavy atom. The fourth-order valence-corrected chi connectivity index (χ4v) is 3.27. The molecule has 0 saturated carbocycles. The number of nitrogens with zero attached hydrogens (tertiary/aromatic N) is 1. The summed E-state index contributed by atoms with van der Waals surface area (Å²) in [6, 6.07) is 8.48. The average molecular weight is 383 g/mol. The van der Waals surface area contributed by atoms with Gasteiger partial charge in [-0.2, -0.15) is 0 Å². The van der Waals surface area contributed by atoms with Gasteiger partial charge in [-0.05, 0) is 30.3 Å². The predicted molar refractivity (Wildman–Crippen MR) is 97.7 cm³/mol. The molecule has 0 bridgehead atoms. The van der Waals surface area contributed by atoms with E-state index < -0.39 is 0 Å². The molecule has 2 amide bonds. The van der Waals surface area contributed by atoms with Crippen molar-refractivity contribution in [2.24, 2.45) is 0 Å². The Balaban J connectivity index is 1.91. The maximum atomic E-state index is 12.2. The molecule has 1 N–H and O–H groups in total. The highest BCUT2D eigenvalue weighted by molar-refractivity contribution is 7.16. The van der Waals surface area contributed by atoms with Crippen molar-refractivity contribution >= 4 is 34.8 Å². The third-order valence-electron chi connectivity index (χ3n) is 3.49. The van der Waals surface area contributed by atoms with Gasteiger partial charge in [0.1, 0.15) is 0 Å². The number of ether oxygens (including phenoxy) is 2. The Labute approximate surface area is 155 Å². The van der Waals surface area contributed by atoms with E-state index >= 15 is 0 Å². The summed E-state index contributed by atoms with van der Waals surface area (Å²) in [6.07, 6.45) is 0. The van der Waals surface area contributed by atoms with Crippen molar-refractivity contribution in [3.63, 3.8) is 0 Å². The maximum Gasteiger partial charge on any atom is 0.251 e. The van der Waals surface area contributed by atoms with Gasteiger partial charge in [-0.3, -0.25) is 9.59 Å². The average Bonchev–Trinajstić information content (AvgIpc) is 3.03. The van der Waals surface area contributed by atoms with E-state index in [1.807, 2.05) is 6.07 Å². The Hall–Kier alpha value is -2.25. The molecule has 0 aliphatic carbocycles. The molecule has 6 nitrogen and oxygen atoms in total. The molecule has 0 radical (unpaired) electrons. The number of methoxy groups -OCH3 is 2. The molecule has 1 heterocycles. The highest BCUT2D eigenvalue weighted by Gasteiger charge is 2.14. The van der Waals surface area contributed by atoms with Crippen LogP contribution in [0.4, 0.5) is 0 Å². The molecule has 1 aromatic heterocycles. The lowest BCUT2D eigenvalue weighted by molar-refractivity contribution is -0.129. The molecule has 0 aliphatic heterocycles. The van der Waals surface area contributed by atoms with Gasteiger partial charge < -0.3 is 19.7 Å². The van der Waals surface area contributed by atoms with Crippen molar-refractivity contribution in [1.29, 1.82) is 0 Å². The number of benzene rings is 1. The first-order chi connectivity index (χ1) is 11.9. The molecule has 134 valence electrons. The number of thiophene rings is 1. The fourth-order valence-electron chi connectivity index (χ4n) is 2.13. The zero-order valence-corrected chi connectivity index (χ0v) is 15.7. The van der Waals surface area contributed by atoms with Gasteiger partial charge in [-0.1, -0.05) is 11.6 Å². The summed E-state index contributed by atoms with van der Waals surface area (Å²) in [4.78, 5) is 26.9. The molecule has 0 saturated heterocycles. The molecule has 0 fully saturated rings. The minimum atomic E-state index is -0.359. The molecule has 2 rings (SSSR count). The third kappa shape index (κ3) is 5.11. The molecular formula is C17H19ClN2O4S. The van der Waals surface area contributed by atoms with Gasteiger partial charge in [-0.15, -0.1) is 11.3 Å². The molecule has 0 spiro atoms. The van der Waals surface area contributed by atoms with E-state index in [2.05, 4.69) is 5.32 Å². The molecule has 0 aliphatic rings. The van der Waals surface area contributed by atoms with E-state index in [-0.39, 0.29) is 18.4 Å². The van der Waals surface area contributed by atoms with Crippen LogP contribution in [-0.4, -0.2) is 44.5 Å². The van der Waals surface area contributed by atoms with Crippen LogP contribution in [0.3, 0.4) is 0 Å². The molecule has 0 atom stereocenters. The lowest BCUT2D eigenvalue weighted by Crippen LogP contribution is -2.37. The summed E-state index contributed by atoms with van der Waals surface area (Å²) in [5.41, 5.74) is 0.387.